The summed E-state index contributed by atoms with van der Waals surface area (Å²) in [6, 6.07) is 23.4. The topological polar surface area (TPSA) is 67.9 Å². The Hall–Kier alpha value is -3.11. The lowest BCUT2D eigenvalue weighted by atomic mass is 10.1. The van der Waals surface area contributed by atoms with E-state index < -0.39 is 0 Å². The van der Waals surface area contributed by atoms with Crippen molar-refractivity contribution in [2.24, 2.45) is 0 Å². The monoisotopic (exact) mass is 305 g/mol. The van der Waals surface area contributed by atoms with Crippen molar-refractivity contribution in [1.29, 1.82) is 10.5 Å². The maximum atomic E-state index is 11.7. The van der Waals surface area contributed by atoms with E-state index in [4.69, 9.17) is 10.5 Å². The van der Waals surface area contributed by atoms with E-state index in [1.807, 2.05) is 65.6 Å². The van der Waals surface area contributed by atoms with Crippen molar-refractivity contribution < 1.29 is 4.79 Å². The van der Waals surface area contributed by atoms with Crippen molar-refractivity contribution in [3.05, 3.63) is 71.8 Å². The summed E-state index contributed by atoms with van der Waals surface area (Å²) in [6.07, 6.45) is 0. The van der Waals surface area contributed by atoms with Crippen LogP contribution in [0.3, 0.4) is 0 Å². The first-order valence-corrected chi connectivity index (χ1v) is 7.24. The van der Waals surface area contributed by atoms with Crippen molar-refractivity contribution in [2.45, 2.75) is 26.4 Å². The molecule has 0 saturated carbocycles. The highest BCUT2D eigenvalue weighted by Gasteiger charge is 2.09. The van der Waals surface area contributed by atoms with Crippen LogP contribution < -0.4 is 0 Å². The van der Waals surface area contributed by atoms with Crippen molar-refractivity contribution in [2.75, 3.05) is 0 Å². The minimum Gasteiger partial charge on any atom is -0.334 e. The van der Waals surface area contributed by atoms with Crippen molar-refractivity contribution in [3.63, 3.8) is 0 Å². The first-order chi connectivity index (χ1) is 11.2. The molecule has 0 N–H and O–H groups in total. The number of hydrogen-bond acceptors (Lipinski definition) is 3. The Morgan fingerprint density at radius 3 is 1.52 bits per heavy atom. The summed E-state index contributed by atoms with van der Waals surface area (Å²) in [5.41, 5.74) is 2.31. The largest absolute Gasteiger partial charge is 0.334 e. The highest BCUT2D eigenvalue weighted by Crippen LogP contribution is 2.10. The quantitative estimate of drug-likeness (QED) is 0.865. The number of nitriles is 2. The molecule has 0 aromatic heterocycles. The molecule has 0 atom stereocenters. The van der Waals surface area contributed by atoms with Gasteiger partial charge in [0.25, 0.3) is 0 Å². The lowest BCUT2D eigenvalue weighted by Crippen LogP contribution is -2.27. The van der Waals surface area contributed by atoms with Crippen molar-refractivity contribution in [1.82, 2.24) is 4.90 Å². The standard InChI is InChI=1S/C16H17NO.C3H2N2/c1-14(18)17(12-15-8-4-2-5-9-15)13-16-10-6-3-7-11-16;4-2-1-3-5/h2-11H,12-13H2,1H3;1H2. The van der Waals surface area contributed by atoms with E-state index in [1.54, 1.807) is 19.1 Å². The number of carbonyl (C=O) groups excluding carboxylic acids is 1. The molecule has 0 aliphatic heterocycles. The van der Waals surface area contributed by atoms with Gasteiger partial charge in [0.15, 0.2) is 0 Å². The molecule has 0 aliphatic carbocycles. The minimum atomic E-state index is 0. The fraction of sp³-hybridized carbons (Fsp3) is 0.211. The number of amides is 1. The summed E-state index contributed by atoms with van der Waals surface area (Å²) in [5, 5.41) is 15.2. The van der Waals surface area contributed by atoms with Crippen LogP contribution in [-0.4, -0.2) is 10.8 Å². The molecule has 0 radical (unpaired) electrons. The van der Waals surface area contributed by atoms with Crippen LogP contribution in [0, 0.1) is 22.7 Å². The first kappa shape index (κ1) is 17.9. The lowest BCUT2D eigenvalue weighted by Gasteiger charge is -2.21. The fourth-order valence-corrected chi connectivity index (χ4v) is 1.92. The van der Waals surface area contributed by atoms with Crippen molar-refractivity contribution >= 4 is 5.91 Å². The molecule has 1 amide bonds. The van der Waals surface area contributed by atoms with Gasteiger partial charge < -0.3 is 4.90 Å². The van der Waals surface area contributed by atoms with Gasteiger partial charge in [-0.05, 0) is 11.1 Å². The second-order valence-corrected chi connectivity index (χ2v) is 4.84. The van der Waals surface area contributed by atoms with Gasteiger partial charge in [0.1, 0.15) is 6.42 Å². The zero-order chi connectivity index (χ0) is 16.9. The minimum absolute atomic E-state index is 0. The molecular weight excluding hydrogens is 286 g/mol. The van der Waals surface area contributed by atoms with Gasteiger partial charge in [-0.3, -0.25) is 4.79 Å². The van der Waals surface area contributed by atoms with Crippen LogP contribution in [0.2, 0.25) is 0 Å². The van der Waals surface area contributed by atoms with E-state index in [9.17, 15) is 4.79 Å². The van der Waals surface area contributed by atoms with Crippen LogP contribution in [-0.2, 0) is 17.9 Å². The lowest BCUT2D eigenvalue weighted by molar-refractivity contribution is -0.130. The van der Waals surface area contributed by atoms with E-state index in [1.165, 1.54) is 0 Å². The van der Waals surface area contributed by atoms with E-state index in [0.29, 0.717) is 13.1 Å². The summed E-state index contributed by atoms with van der Waals surface area (Å²) in [5.74, 6) is 0.0997. The average molecular weight is 305 g/mol. The predicted octanol–water partition coefficient (Wildman–Crippen LogP) is 3.66. The molecule has 0 unspecified atom stereocenters. The summed E-state index contributed by atoms with van der Waals surface area (Å²) >= 11 is 0. The fourth-order valence-electron chi connectivity index (χ4n) is 1.92. The molecule has 0 saturated heterocycles. The van der Waals surface area contributed by atoms with Gasteiger partial charge in [-0.1, -0.05) is 60.7 Å². The predicted molar refractivity (Wildman–Crippen MR) is 88.7 cm³/mol. The SMILES string of the molecule is CC(=O)N(Cc1ccccc1)Cc1ccccc1.N#CCC#N. The Balaban J connectivity index is 0.000000463. The Morgan fingerprint density at radius 1 is 0.870 bits per heavy atom. The van der Waals surface area contributed by atoms with Crippen LogP contribution in [0.4, 0.5) is 0 Å². The number of nitrogens with zero attached hydrogens (tertiary/aromatic N) is 3. The van der Waals surface area contributed by atoms with Crippen molar-refractivity contribution in [3.8, 4) is 12.1 Å². The summed E-state index contributed by atoms with van der Waals surface area (Å²) in [6.45, 7) is 2.93. The number of carbonyl (C=O) groups is 1. The first-order valence-electron chi connectivity index (χ1n) is 7.24. The van der Waals surface area contributed by atoms with Gasteiger partial charge in [0, 0.05) is 20.0 Å². The molecule has 0 heterocycles. The molecule has 2 aromatic carbocycles. The van der Waals surface area contributed by atoms with Crippen LogP contribution in [0.15, 0.2) is 60.7 Å². The maximum Gasteiger partial charge on any atom is 0.220 e. The Kier molecular flexibility index (Phi) is 8.26. The molecule has 0 spiro atoms. The molecule has 0 fully saturated rings. The number of rotatable bonds is 4. The Morgan fingerprint density at radius 2 is 1.26 bits per heavy atom. The normalized spacial score (nSPS) is 8.83. The molecule has 4 heteroatoms. The maximum absolute atomic E-state index is 11.7. The van der Waals surface area contributed by atoms with Gasteiger partial charge >= 0.3 is 0 Å². The Labute approximate surface area is 137 Å². The second-order valence-electron chi connectivity index (χ2n) is 4.84. The van der Waals surface area contributed by atoms with Crippen LogP contribution in [0.1, 0.15) is 24.5 Å². The van der Waals surface area contributed by atoms with E-state index in [2.05, 4.69) is 0 Å². The van der Waals surface area contributed by atoms with E-state index in [0.717, 1.165) is 11.1 Å². The number of benzene rings is 2. The smallest absolute Gasteiger partial charge is 0.220 e. The summed E-state index contributed by atoms with van der Waals surface area (Å²) < 4.78 is 0. The van der Waals surface area contributed by atoms with Gasteiger partial charge in [0.05, 0.1) is 12.1 Å². The zero-order valence-electron chi connectivity index (χ0n) is 13.1. The molecule has 2 rings (SSSR count). The Bertz CT molecular complexity index is 616. The van der Waals surface area contributed by atoms with Gasteiger partial charge in [-0.15, -0.1) is 0 Å². The van der Waals surface area contributed by atoms with Gasteiger partial charge in [-0.2, -0.15) is 10.5 Å². The van der Waals surface area contributed by atoms with Gasteiger partial charge in [0.2, 0.25) is 5.91 Å². The highest BCUT2D eigenvalue weighted by molar-refractivity contribution is 5.73. The molecule has 23 heavy (non-hydrogen) atoms. The van der Waals surface area contributed by atoms with Crippen LogP contribution >= 0.6 is 0 Å². The second kappa shape index (κ2) is 10.6. The van der Waals surface area contributed by atoms with E-state index >= 15 is 0 Å². The van der Waals surface area contributed by atoms with Crippen LogP contribution in [0.5, 0.6) is 0 Å². The molecule has 0 aliphatic rings. The summed E-state index contributed by atoms with van der Waals surface area (Å²) in [4.78, 5) is 13.5. The molecular formula is C19H19N3O. The third-order valence-corrected chi connectivity index (χ3v) is 3.04. The average Bonchev–Trinajstić information content (AvgIpc) is 2.57. The van der Waals surface area contributed by atoms with E-state index in [-0.39, 0.29) is 12.3 Å². The molecule has 0 bridgehead atoms. The van der Waals surface area contributed by atoms with Gasteiger partial charge in [-0.25, -0.2) is 0 Å². The molecule has 116 valence electrons. The third kappa shape index (κ3) is 7.45. The highest BCUT2D eigenvalue weighted by atomic mass is 16.2. The third-order valence-electron chi connectivity index (χ3n) is 3.04. The molecule has 2 aromatic rings. The molecule has 4 nitrogen and oxygen atoms in total. The van der Waals surface area contributed by atoms with Crippen LogP contribution in [0.25, 0.3) is 0 Å². The number of hydrogen-bond donors (Lipinski definition) is 0. The summed E-state index contributed by atoms with van der Waals surface area (Å²) in [7, 11) is 0. The zero-order valence-corrected chi connectivity index (χ0v) is 13.1.